The molecule has 0 aliphatic heterocycles. The fraction of sp³-hybridized carbons (Fsp3) is 0.435. The van der Waals surface area contributed by atoms with E-state index < -0.39 is 11.7 Å². The van der Waals surface area contributed by atoms with Crippen molar-refractivity contribution in [2.45, 2.75) is 49.4 Å². The molecule has 3 saturated carbocycles. The van der Waals surface area contributed by atoms with Gasteiger partial charge in [0.2, 0.25) is 0 Å². The van der Waals surface area contributed by atoms with Crippen LogP contribution in [-0.4, -0.2) is 42.3 Å². The third kappa shape index (κ3) is 4.46. The molecule has 11 heteroatoms. The van der Waals surface area contributed by atoms with Crippen LogP contribution >= 0.6 is 27.5 Å². The van der Waals surface area contributed by atoms with E-state index in [0.717, 1.165) is 38.5 Å². The second-order valence-corrected chi connectivity index (χ2v) is 11.2. The van der Waals surface area contributed by atoms with Crippen LogP contribution in [0, 0.1) is 23.4 Å². The second kappa shape index (κ2) is 8.78. The molecule has 3 aliphatic carbocycles. The van der Waals surface area contributed by atoms with Gasteiger partial charge in [-0.05, 0) is 56.1 Å². The van der Waals surface area contributed by atoms with Gasteiger partial charge in [0.15, 0.2) is 5.82 Å². The highest BCUT2D eigenvalue weighted by molar-refractivity contribution is 9.10. The van der Waals surface area contributed by atoms with E-state index >= 15 is 0 Å². The number of hydrogen-bond acceptors (Lipinski definition) is 5. The highest BCUT2D eigenvalue weighted by Crippen LogP contribution is 2.55. The summed E-state index contributed by atoms with van der Waals surface area (Å²) < 4.78 is 14.9. The maximum atomic E-state index is 13.3. The number of nitrogens with zero attached hydrogens (tertiary/aromatic N) is 4. The van der Waals surface area contributed by atoms with Gasteiger partial charge < -0.3 is 10.6 Å². The van der Waals surface area contributed by atoms with E-state index in [1.54, 1.807) is 0 Å². The van der Waals surface area contributed by atoms with E-state index in [0.29, 0.717) is 12.1 Å². The number of hydrogen-bond donors (Lipinski definition) is 2. The van der Waals surface area contributed by atoms with Crippen molar-refractivity contribution in [2.75, 3.05) is 6.54 Å². The van der Waals surface area contributed by atoms with Crippen LogP contribution in [0.1, 0.15) is 65.1 Å². The van der Waals surface area contributed by atoms with Crippen molar-refractivity contribution in [3.05, 3.63) is 58.4 Å². The van der Waals surface area contributed by atoms with Gasteiger partial charge >= 0.3 is 0 Å². The molecule has 1 aromatic carbocycles. The molecule has 6 rings (SSSR count). The first-order chi connectivity index (χ1) is 16.3. The van der Waals surface area contributed by atoms with E-state index in [4.69, 9.17) is 11.6 Å². The van der Waals surface area contributed by atoms with Gasteiger partial charge in [-0.15, -0.1) is 0 Å². The van der Waals surface area contributed by atoms with Crippen LogP contribution in [-0.2, 0) is 6.54 Å². The summed E-state index contributed by atoms with van der Waals surface area (Å²) in [6.07, 6.45) is 7.84. The van der Waals surface area contributed by atoms with Gasteiger partial charge in [-0.1, -0.05) is 33.6 Å². The molecule has 176 valence electrons. The third-order valence-electron chi connectivity index (χ3n) is 6.93. The lowest BCUT2D eigenvalue weighted by Gasteiger charge is -2.51. The molecule has 0 saturated heterocycles. The molecule has 34 heavy (non-hydrogen) atoms. The number of fused-ring (bicyclic) bond motifs is 4. The Bertz CT molecular complexity index is 1260. The molecule has 2 aromatic heterocycles. The predicted octanol–water partition coefficient (Wildman–Crippen LogP) is 3.66. The normalized spacial score (nSPS) is 23.5. The Labute approximate surface area is 208 Å². The van der Waals surface area contributed by atoms with Crippen molar-refractivity contribution >= 4 is 45.1 Å². The number of carbonyl (C=O) groups excluding carboxylic acids is 2. The van der Waals surface area contributed by atoms with Gasteiger partial charge in [0.25, 0.3) is 17.6 Å². The van der Waals surface area contributed by atoms with Crippen molar-refractivity contribution in [3.63, 3.8) is 0 Å². The summed E-state index contributed by atoms with van der Waals surface area (Å²) in [7, 11) is 0. The minimum Gasteiger partial charge on any atom is -0.350 e. The Morgan fingerprint density at radius 1 is 1.12 bits per heavy atom. The first-order valence-corrected chi connectivity index (χ1v) is 12.2. The topological polar surface area (TPSA) is 101 Å². The van der Waals surface area contributed by atoms with Crippen LogP contribution < -0.4 is 10.6 Å². The minimum atomic E-state index is -0.709. The summed E-state index contributed by atoms with van der Waals surface area (Å²) >= 11 is 9.63. The number of alkyl halides is 1. The third-order valence-corrected chi connectivity index (χ3v) is 8.40. The molecule has 3 aromatic rings. The molecular weight excluding hydrogens is 527 g/mol. The SMILES string of the molecule is O=C(NCc1c#cc(F)c(Cl)c1)c1cc(C(=O)NCC23CCC(Br)(CC2)CC3)n2ncnc2n1. The Hall–Kier alpha value is -2.77. The predicted molar refractivity (Wildman–Crippen MR) is 125 cm³/mol. The molecule has 0 radical (unpaired) electrons. The lowest BCUT2D eigenvalue weighted by atomic mass is 9.60. The Kier molecular flexibility index (Phi) is 5.94. The van der Waals surface area contributed by atoms with Crippen molar-refractivity contribution in [3.8, 4) is 0 Å². The summed E-state index contributed by atoms with van der Waals surface area (Å²) in [6.45, 7) is 0.612. The maximum Gasteiger partial charge on any atom is 0.270 e. The number of halogens is 3. The molecule has 2 bridgehead atoms. The maximum absolute atomic E-state index is 13.3. The zero-order valence-corrected chi connectivity index (χ0v) is 20.5. The van der Waals surface area contributed by atoms with Crippen LogP contribution in [0.25, 0.3) is 5.78 Å². The lowest BCUT2D eigenvalue weighted by molar-refractivity contribution is 0.0727. The highest BCUT2D eigenvalue weighted by atomic mass is 79.9. The number of aromatic nitrogens is 4. The number of rotatable bonds is 6. The van der Waals surface area contributed by atoms with Gasteiger partial charge in [0, 0.05) is 22.5 Å². The lowest BCUT2D eigenvalue weighted by Crippen LogP contribution is -2.48. The quantitative estimate of drug-likeness (QED) is 0.459. The Balaban J connectivity index is 1.30. The second-order valence-electron chi connectivity index (χ2n) is 9.10. The number of nitrogens with one attached hydrogen (secondary N) is 2. The van der Waals surface area contributed by atoms with Crippen LogP contribution in [0.3, 0.4) is 0 Å². The Morgan fingerprint density at radius 3 is 2.56 bits per heavy atom. The zero-order chi connectivity index (χ0) is 23.9. The first-order valence-electron chi connectivity index (χ1n) is 11.0. The van der Waals surface area contributed by atoms with E-state index in [1.165, 1.54) is 23.0 Å². The highest BCUT2D eigenvalue weighted by Gasteiger charge is 2.47. The van der Waals surface area contributed by atoms with Gasteiger partial charge in [-0.2, -0.15) is 19.0 Å². The fourth-order valence-corrected chi connectivity index (χ4v) is 5.51. The molecule has 3 fully saturated rings. The van der Waals surface area contributed by atoms with E-state index in [2.05, 4.69) is 53.8 Å². The number of amides is 2. The van der Waals surface area contributed by atoms with Crippen LogP contribution in [0.2, 0.25) is 5.02 Å². The van der Waals surface area contributed by atoms with Gasteiger partial charge in [0.1, 0.15) is 17.7 Å². The average molecular weight is 548 g/mol. The molecule has 3 aliphatic rings. The first kappa shape index (κ1) is 23.0. The minimum absolute atomic E-state index is 0.0143. The average Bonchev–Trinajstić information content (AvgIpc) is 3.32. The van der Waals surface area contributed by atoms with E-state index in [1.807, 2.05) is 0 Å². The van der Waals surface area contributed by atoms with Gasteiger partial charge in [-0.25, -0.2) is 4.98 Å². The largest absolute Gasteiger partial charge is 0.350 e. The summed E-state index contributed by atoms with van der Waals surface area (Å²) in [4.78, 5) is 34.1. The summed E-state index contributed by atoms with van der Waals surface area (Å²) in [5.74, 6) is -1.44. The zero-order valence-electron chi connectivity index (χ0n) is 18.1. The molecule has 0 atom stereocenters. The van der Waals surface area contributed by atoms with Crippen LogP contribution in [0.4, 0.5) is 4.39 Å². The van der Waals surface area contributed by atoms with Crippen LogP contribution in [0.15, 0.2) is 18.5 Å². The van der Waals surface area contributed by atoms with Crippen molar-refractivity contribution < 1.29 is 14.0 Å². The van der Waals surface area contributed by atoms with Crippen molar-refractivity contribution in [1.82, 2.24) is 30.2 Å². The summed E-state index contributed by atoms with van der Waals surface area (Å²) in [5.41, 5.74) is 0.757. The van der Waals surface area contributed by atoms with E-state index in [-0.39, 0.29) is 44.4 Å². The number of carbonyl (C=O) groups is 2. The van der Waals surface area contributed by atoms with Crippen molar-refractivity contribution in [2.24, 2.45) is 5.41 Å². The summed E-state index contributed by atoms with van der Waals surface area (Å²) in [5, 5.41) is 9.70. The fourth-order valence-electron chi connectivity index (χ4n) is 4.74. The van der Waals surface area contributed by atoms with Gasteiger partial charge in [0.05, 0.1) is 11.6 Å². The molecule has 0 spiro atoms. The molecule has 0 unspecified atom stereocenters. The van der Waals surface area contributed by atoms with Crippen LogP contribution in [0.5, 0.6) is 0 Å². The smallest absolute Gasteiger partial charge is 0.270 e. The molecule has 8 nitrogen and oxygen atoms in total. The molecule has 2 amide bonds. The Morgan fingerprint density at radius 2 is 1.85 bits per heavy atom. The summed E-state index contributed by atoms with van der Waals surface area (Å²) in [6, 6.07) is 7.60. The molecule has 2 heterocycles. The molecular formula is C23H21BrClFN6O2. The van der Waals surface area contributed by atoms with E-state index in [9.17, 15) is 14.0 Å². The monoisotopic (exact) mass is 546 g/mol. The molecule has 2 N–H and O–H groups in total. The standard InChI is InChI=1S/C23H21BrClFN6O2/c24-23-6-3-22(4-7-23,5-8-23)12-28-20(34)18-10-17(31-21-29-13-30-32(18)21)19(33)27-11-14-1-2-16(26)15(25)9-14/h9-10,13H,3-8,11-12H2,(H,27,33)(H,28,34). The van der Waals surface area contributed by atoms with Gasteiger partial charge in [-0.3, -0.25) is 9.59 Å². The van der Waals surface area contributed by atoms with Crippen molar-refractivity contribution in [1.29, 1.82) is 0 Å².